The van der Waals surface area contributed by atoms with Crippen LogP contribution in [0.2, 0.25) is 0 Å². The lowest BCUT2D eigenvalue weighted by molar-refractivity contribution is 0.300. The van der Waals surface area contributed by atoms with Gasteiger partial charge >= 0.3 is 0 Å². The Hall–Kier alpha value is -0.710. The van der Waals surface area contributed by atoms with Gasteiger partial charge in [-0.2, -0.15) is 0 Å². The zero-order valence-corrected chi connectivity index (χ0v) is 10.4. The Kier molecular flexibility index (Phi) is 3.19. The van der Waals surface area contributed by atoms with E-state index in [-0.39, 0.29) is 6.61 Å². The van der Waals surface area contributed by atoms with Gasteiger partial charge in [-0.1, -0.05) is 0 Å². The lowest BCUT2D eigenvalue weighted by Gasteiger charge is -1.91. The van der Waals surface area contributed by atoms with Gasteiger partial charge < -0.3 is 5.11 Å². The summed E-state index contributed by atoms with van der Waals surface area (Å²) in [4.78, 5) is 7.00. The molecule has 0 spiro atoms. The Bertz CT molecular complexity index is 459. The van der Waals surface area contributed by atoms with E-state index in [0.29, 0.717) is 6.42 Å². The van der Waals surface area contributed by atoms with Crippen LogP contribution < -0.4 is 0 Å². The number of aromatic nitrogens is 1. The van der Waals surface area contributed by atoms with Gasteiger partial charge in [-0.25, -0.2) is 4.98 Å². The third-order valence-corrected chi connectivity index (χ3v) is 4.67. The van der Waals surface area contributed by atoms with Gasteiger partial charge in [0.05, 0.1) is 10.6 Å². The molecule has 0 unspecified atom stereocenters. The van der Waals surface area contributed by atoms with E-state index in [0.717, 1.165) is 10.7 Å². The summed E-state index contributed by atoms with van der Waals surface area (Å²) in [5, 5.41) is 12.1. The minimum Gasteiger partial charge on any atom is -0.396 e. The molecule has 2 nitrogen and oxygen atoms in total. The Morgan fingerprint density at radius 2 is 2.20 bits per heavy atom. The van der Waals surface area contributed by atoms with Crippen molar-refractivity contribution in [3.05, 3.63) is 27.6 Å². The van der Waals surface area contributed by atoms with Crippen molar-refractivity contribution in [2.45, 2.75) is 20.3 Å². The first kappa shape index (κ1) is 10.8. The molecule has 2 rings (SSSR count). The summed E-state index contributed by atoms with van der Waals surface area (Å²) in [6.45, 7) is 4.31. The first-order valence-electron chi connectivity index (χ1n) is 4.84. The van der Waals surface area contributed by atoms with Gasteiger partial charge in [-0.15, -0.1) is 22.7 Å². The van der Waals surface area contributed by atoms with Crippen molar-refractivity contribution in [3.63, 3.8) is 0 Å². The SMILES string of the molecule is Cc1ccsc1-c1nc(C)c(CCO)s1. The standard InChI is InChI=1S/C11H13NOS2/c1-7-4-6-14-10(7)11-12-8(2)9(15-11)3-5-13/h4,6,13H,3,5H2,1-2H3. The minimum atomic E-state index is 0.200. The number of aliphatic hydroxyl groups is 1. The average molecular weight is 239 g/mol. The molecule has 0 bridgehead atoms. The van der Waals surface area contributed by atoms with Gasteiger partial charge in [0.1, 0.15) is 5.01 Å². The van der Waals surface area contributed by atoms with Crippen LogP contribution in [0.5, 0.6) is 0 Å². The van der Waals surface area contributed by atoms with Crippen LogP contribution in [-0.2, 0) is 6.42 Å². The summed E-state index contributed by atoms with van der Waals surface area (Å²) >= 11 is 3.42. The van der Waals surface area contributed by atoms with Crippen molar-refractivity contribution in [3.8, 4) is 9.88 Å². The van der Waals surface area contributed by atoms with E-state index >= 15 is 0 Å². The highest BCUT2D eigenvalue weighted by atomic mass is 32.1. The zero-order chi connectivity index (χ0) is 10.8. The number of hydrogen-bond donors (Lipinski definition) is 1. The van der Waals surface area contributed by atoms with E-state index in [1.807, 2.05) is 6.92 Å². The molecule has 0 saturated heterocycles. The average Bonchev–Trinajstić information content (AvgIpc) is 2.75. The number of rotatable bonds is 3. The Labute approximate surface area is 97.2 Å². The Morgan fingerprint density at radius 3 is 2.80 bits per heavy atom. The molecule has 0 aliphatic heterocycles. The third kappa shape index (κ3) is 2.12. The number of nitrogens with zero attached hydrogens (tertiary/aromatic N) is 1. The summed E-state index contributed by atoms with van der Waals surface area (Å²) in [7, 11) is 0. The highest BCUT2D eigenvalue weighted by Crippen LogP contribution is 2.33. The highest BCUT2D eigenvalue weighted by Gasteiger charge is 2.11. The predicted octanol–water partition coefficient (Wildman–Crippen LogP) is 3.02. The van der Waals surface area contributed by atoms with Crippen LogP contribution in [0.1, 0.15) is 16.1 Å². The van der Waals surface area contributed by atoms with Crippen LogP contribution in [0.3, 0.4) is 0 Å². The lowest BCUT2D eigenvalue weighted by Crippen LogP contribution is -1.88. The van der Waals surface area contributed by atoms with Crippen LogP contribution in [0, 0.1) is 13.8 Å². The molecule has 80 valence electrons. The molecule has 0 atom stereocenters. The zero-order valence-electron chi connectivity index (χ0n) is 8.78. The van der Waals surface area contributed by atoms with E-state index in [1.165, 1.54) is 15.3 Å². The molecule has 0 aromatic carbocycles. The van der Waals surface area contributed by atoms with E-state index in [2.05, 4.69) is 23.4 Å². The number of aryl methyl sites for hydroxylation is 2. The molecule has 1 N–H and O–H groups in total. The third-order valence-electron chi connectivity index (χ3n) is 2.29. The lowest BCUT2D eigenvalue weighted by atomic mass is 10.3. The fourth-order valence-corrected chi connectivity index (χ4v) is 3.58. The fourth-order valence-electron chi connectivity index (χ4n) is 1.45. The fraction of sp³-hybridized carbons (Fsp3) is 0.364. The molecule has 2 aromatic rings. The maximum Gasteiger partial charge on any atom is 0.134 e. The van der Waals surface area contributed by atoms with Crippen LogP contribution in [0.15, 0.2) is 11.4 Å². The van der Waals surface area contributed by atoms with Gasteiger partial charge in [-0.3, -0.25) is 0 Å². The van der Waals surface area contributed by atoms with Gasteiger partial charge in [0, 0.05) is 17.9 Å². The van der Waals surface area contributed by atoms with Gasteiger partial charge in [0.25, 0.3) is 0 Å². The molecule has 4 heteroatoms. The summed E-state index contributed by atoms with van der Waals surface area (Å²) in [6.07, 6.45) is 0.716. The first-order valence-corrected chi connectivity index (χ1v) is 6.53. The molecule has 0 amide bonds. The second-order valence-electron chi connectivity index (χ2n) is 3.43. The normalized spacial score (nSPS) is 10.9. The number of hydrogen-bond acceptors (Lipinski definition) is 4. The molecular weight excluding hydrogens is 226 g/mol. The van der Waals surface area contributed by atoms with Crippen molar-refractivity contribution < 1.29 is 5.11 Å². The largest absolute Gasteiger partial charge is 0.396 e. The second-order valence-corrected chi connectivity index (χ2v) is 5.43. The van der Waals surface area contributed by atoms with E-state index in [4.69, 9.17) is 5.11 Å². The summed E-state index contributed by atoms with van der Waals surface area (Å²) in [5.74, 6) is 0. The van der Waals surface area contributed by atoms with Gasteiger partial charge in [0.2, 0.25) is 0 Å². The van der Waals surface area contributed by atoms with Crippen molar-refractivity contribution in [1.29, 1.82) is 0 Å². The van der Waals surface area contributed by atoms with Crippen molar-refractivity contribution in [2.24, 2.45) is 0 Å². The van der Waals surface area contributed by atoms with Crippen molar-refractivity contribution >= 4 is 22.7 Å². The van der Waals surface area contributed by atoms with E-state index in [1.54, 1.807) is 22.7 Å². The summed E-state index contributed by atoms with van der Waals surface area (Å²) in [5.41, 5.74) is 2.33. The van der Waals surface area contributed by atoms with Crippen molar-refractivity contribution in [2.75, 3.05) is 6.61 Å². The summed E-state index contributed by atoms with van der Waals surface area (Å²) < 4.78 is 0. The first-order chi connectivity index (χ1) is 7.22. The smallest absolute Gasteiger partial charge is 0.134 e. The van der Waals surface area contributed by atoms with Crippen LogP contribution in [-0.4, -0.2) is 16.7 Å². The molecule has 15 heavy (non-hydrogen) atoms. The van der Waals surface area contributed by atoms with Crippen molar-refractivity contribution in [1.82, 2.24) is 4.98 Å². The van der Waals surface area contributed by atoms with E-state index in [9.17, 15) is 0 Å². The summed E-state index contributed by atoms with van der Waals surface area (Å²) in [6, 6.07) is 2.11. The minimum absolute atomic E-state index is 0.200. The highest BCUT2D eigenvalue weighted by molar-refractivity contribution is 7.21. The maximum absolute atomic E-state index is 8.92. The maximum atomic E-state index is 8.92. The molecule has 0 saturated carbocycles. The van der Waals surface area contributed by atoms with Crippen LogP contribution >= 0.6 is 22.7 Å². The molecule has 0 radical (unpaired) electrons. The Morgan fingerprint density at radius 1 is 1.40 bits per heavy atom. The quantitative estimate of drug-likeness (QED) is 0.893. The molecular formula is C11H13NOS2. The molecule has 0 aliphatic carbocycles. The molecule has 2 aromatic heterocycles. The topological polar surface area (TPSA) is 33.1 Å². The predicted molar refractivity (Wildman–Crippen MR) is 65.7 cm³/mol. The second kappa shape index (κ2) is 4.43. The molecule has 0 aliphatic rings. The van der Waals surface area contributed by atoms with E-state index < -0.39 is 0 Å². The molecule has 2 heterocycles. The Balaban J connectivity index is 2.38. The number of thiophene rings is 1. The number of aliphatic hydroxyl groups excluding tert-OH is 1. The van der Waals surface area contributed by atoms with Crippen LogP contribution in [0.4, 0.5) is 0 Å². The van der Waals surface area contributed by atoms with Crippen LogP contribution in [0.25, 0.3) is 9.88 Å². The van der Waals surface area contributed by atoms with Gasteiger partial charge in [0.15, 0.2) is 0 Å². The molecule has 0 fully saturated rings. The van der Waals surface area contributed by atoms with Gasteiger partial charge in [-0.05, 0) is 30.9 Å². The number of thiazole rings is 1. The monoisotopic (exact) mass is 239 g/mol.